The lowest BCUT2D eigenvalue weighted by Gasteiger charge is -2.32. The van der Waals surface area contributed by atoms with Gasteiger partial charge in [-0.25, -0.2) is 18.6 Å². The second-order valence-corrected chi connectivity index (χ2v) is 8.71. The quantitative estimate of drug-likeness (QED) is 0.494. The number of hydrogen-bond acceptors (Lipinski definition) is 6. The fraction of sp³-hybridized carbons (Fsp3) is 0.360. The van der Waals surface area contributed by atoms with Gasteiger partial charge in [-0.3, -0.25) is 9.59 Å². The Kier molecular flexibility index (Phi) is 7.67. The number of rotatable bonds is 7. The highest BCUT2D eigenvalue weighted by Gasteiger charge is 2.29. The first-order valence-corrected chi connectivity index (χ1v) is 11.6. The third-order valence-electron chi connectivity index (χ3n) is 6.00. The molecule has 1 atom stereocenters. The molecule has 196 valence electrons. The zero-order valence-electron chi connectivity index (χ0n) is 20.3. The monoisotopic (exact) mass is 516 g/mol. The number of benzene rings is 1. The van der Waals surface area contributed by atoms with Crippen molar-refractivity contribution >= 4 is 29.3 Å². The van der Waals surface area contributed by atoms with Crippen molar-refractivity contribution in [3.63, 3.8) is 0 Å². The molecule has 12 heteroatoms. The lowest BCUT2D eigenvalue weighted by Crippen LogP contribution is -2.46. The van der Waals surface area contributed by atoms with Crippen molar-refractivity contribution in [3.05, 3.63) is 53.4 Å². The molecule has 0 bridgehead atoms. The number of aromatic nitrogens is 2. The normalized spacial score (nSPS) is 15.6. The van der Waals surface area contributed by atoms with Gasteiger partial charge in [-0.1, -0.05) is 0 Å². The van der Waals surface area contributed by atoms with Crippen LogP contribution in [0.1, 0.15) is 24.1 Å². The van der Waals surface area contributed by atoms with Crippen molar-refractivity contribution in [1.82, 2.24) is 14.3 Å². The number of nitrogens with zero attached hydrogens (tertiary/aromatic N) is 3. The fourth-order valence-electron chi connectivity index (χ4n) is 4.26. The van der Waals surface area contributed by atoms with Crippen molar-refractivity contribution in [2.24, 2.45) is 0 Å². The first kappa shape index (κ1) is 26.0. The number of carboxylic acids is 1. The summed E-state index contributed by atoms with van der Waals surface area (Å²) >= 11 is 0. The Balaban J connectivity index is 1.69. The van der Waals surface area contributed by atoms with E-state index in [1.54, 1.807) is 16.7 Å². The molecule has 1 saturated heterocycles. The Labute approximate surface area is 210 Å². The van der Waals surface area contributed by atoms with E-state index in [-0.39, 0.29) is 42.9 Å². The molecule has 0 radical (unpaired) electrons. The number of anilines is 1. The number of aryl methyl sites for hydroxylation is 1. The van der Waals surface area contributed by atoms with Crippen molar-refractivity contribution in [2.75, 3.05) is 32.1 Å². The average molecular weight is 517 g/mol. The Hall–Kier alpha value is -4.06. The SMILES string of the molecule is COC(=O)N1CCOC(Cc2c(-c3c(F)cc(NC(=O)CCC(=O)O)cc3F)nc3cc(C)ccn23)C1. The van der Waals surface area contributed by atoms with Gasteiger partial charge in [0.05, 0.1) is 49.7 Å². The molecular weight excluding hydrogens is 490 g/mol. The molecule has 4 rings (SSSR count). The summed E-state index contributed by atoms with van der Waals surface area (Å²) < 4.78 is 43.0. The summed E-state index contributed by atoms with van der Waals surface area (Å²) in [5.41, 5.74) is 1.43. The largest absolute Gasteiger partial charge is 0.481 e. The predicted octanol–water partition coefficient (Wildman–Crippen LogP) is 3.40. The van der Waals surface area contributed by atoms with Crippen molar-refractivity contribution < 1.29 is 37.7 Å². The molecule has 3 heterocycles. The van der Waals surface area contributed by atoms with Crippen LogP contribution < -0.4 is 5.32 Å². The zero-order chi connectivity index (χ0) is 26.7. The number of carbonyl (C=O) groups is 3. The highest BCUT2D eigenvalue weighted by atomic mass is 19.1. The molecule has 2 N–H and O–H groups in total. The molecule has 1 aromatic carbocycles. The summed E-state index contributed by atoms with van der Waals surface area (Å²) in [6.07, 6.45) is 0.270. The molecule has 1 unspecified atom stereocenters. The van der Waals surface area contributed by atoms with Gasteiger partial charge in [0.2, 0.25) is 5.91 Å². The van der Waals surface area contributed by atoms with Crippen LogP contribution in [-0.4, -0.2) is 70.3 Å². The molecule has 1 aliphatic rings. The number of halogens is 2. The number of hydrogen-bond donors (Lipinski definition) is 2. The topological polar surface area (TPSA) is 122 Å². The summed E-state index contributed by atoms with van der Waals surface area (Å²) in [5, 5.41) is 11.0. The van der Waals surface area contributed by atoms with Crippen LogP contribution >= 0.6 is 0 Å². The number of morpholine rings is 1. The number of imidazole rings is 1. The minimum atomic E-state index is -1.16. The van der Waals surface area contributed by atoms with E-state index in [4.69, 9.17) is 14.6 Å². The molecule has 10 nitrogen and oxygen atoms in total. The maximum absolute atomic E-state index is 15.3. The van der Waals surface area contributed by atoms with Gasteiger partial charge in [0.1, 0.15) is 17.3 Å². The zero-order valence-corrected chi connectivity index (χ0v) is 20.3. The third-order valence-corrected chi connectivity index (χ3v) is 6.00. The number of nitrogens with one attached hydrogen (secondary N) is 1. The maximum atomic E-state index is 15.3. The molecule has 0 aliphatic carbocycles. The number of pyridine rings is 1. The first-order chi connectivity index (χ1) is 17.7. The second kappa shape index (κ2) is 10.9. The fourth-order valence-corrected chi connectivity index (χ4v) is 4.26. The summed E-state index contributed by atoms with van der Waals surface area (Å²) in [7, 11) is 1.29. The predicted molar refractivity (Wildman–Crippen MR) is 128 cm³/mol. The minimum Gasteiger partial charge on any atom is -0.481 e. The van der Waals surface area contributed by atoms with E-state index in [9.17, 15) is 14.4 Å². The molecule has 1 fully saturated rings. The molecule has 2 amide bonds. The van der Waals surface area contributed by atoms with Gasteiger partial charge in [-0.15, -0.1) is 0 Å². The first-order valence-electron chi connectivity index (χ1n) is 11.6. The van der Waals surface area contributed by atoms with Gasteiger partial charge in [-0.2, -0.15) is 0 Å². The summed E-state index contributed by atoms with van der Waals surface area (Å²) in [4.78, 5) is 40.6. The van der Waals surface area contributed by atoms with Gasteiger partial charge < -0.3 is 29.2 Å². The van der Waals surface area contributed by atoms with E-state index in [1.165, 1.54) is 12.0 Å². The van der Waals surface area contributed by atoms with Crippen LogP contribution in [0.2, 0.25) is 0 Å². The lowest BCUT2D eigenvalue weighted by molar-refractivity contribution is -0.138. The Morgan fingerprint density at radius 1 is 1.22 bits per heavy atom. The molecule has 0 spiro atoms. The number of amides is 2. The van der Waals surface area contributed by atoms with Gasteiger partial charge in [-0.05, 0) is 36.8 Å². The standard InChI is InChI=1S/C25H26F2N4O6/c1-14-5-6-31-19(12-16-13-30(7-8-37-16)25(35)36-2)24(29-20(31)9-14)23-17(26)10-15(11-18(23)27)28-21(32)3-4-22(33)34/h5-6,9-11,16H,3-4,7-8,12-13H2,1-2H3,(H,28,32)(H,33,34). The van der Waals surface area contributed by atoms with Gasteiger partial charge in [0.25, 0.3) is 0 Å². The number of aliphatic carboxylic acids is 1. The van der Waals surface area contributed by atoms with E-state index in [0.29, 0.717) is 17.9 Å². The van der Waals surface area contributed by atoms with Crippen LogP contribution in [0.15, 0.2) is 30.5 Å². The molecule has 2 aromatic heterocycles. The summed E-state index contributed by atoms with van der Waals surface area (Å²) in [6, 6.07) is 5.55. The highest BCUT2D eigenvalue weighted by molar-refractivity contribution is 5.92. The van der Waals surface area contributed by atoms with E-state index in [1.807, 2.05) is 13.0 Å². The van der Waals surface area contributed by atoms with E-state index in [2.05, 4.69) is 10.3 Å². The van der Waals surface area contributed by atoms with Gasteiger partial charge >= 0.3 is 12.1 Å². The highest BCUT2D eigenvalue weighted by Crippen LogP contribution is 2.33. The molecule has 1 aliphatic heterocycles. The average Bonchev–Trinajstić information content (AvgIpc) is 3.18. The van der Waals surface area contributed by atoms with Gasteiger partial charge in [0, 0.05) is 31.3 Å². The summed E-state index contributed by atoms with van der Waals surface area (Å²) in [5.74, 6) is -3.73. The van der Waals surface area contributed by atoms with Crippen molar-refractivity contribution in [3.8, 4) is 11.3 Å². The van der Waals surface area contributed by atoms with Crippen LogP contribution in [0.25, 0.3) is 16.9 Å². The number of methoxy groups -OCH3 is 1. The van der Waals surface area contributed by atoms with Crippen LogP contribution in [0.4, 0.5) is 19.3 Å². The van der Waals surface area contributed by atoms with Crippen LogP contribution in [0.3, 0.4) is 0 Å². The van der Waals surface area contributed by atoms with E-state index < -0.39 is 42.1 Å². The smallest absolute Gasteiger partial charge is 0.409 e. The minimum absolute atomic E-state index is 0.0724. The Morgan fingerprint density at radius 3 is 2.62 bits per heavy atom. The lowest BCUT2D eigenvalue weighted by atomic mass is 10.0. The van der Waals surface area contributed by atoms with Crippen molar-refractivity contribution in [1.29, 1.82) is 0 Å². The van der Waals surface area contributed by atoms with Crippen LogP contribution in [0.5, 0.6) is 0 Å². The van der Waals surface area contributed by atoms with Crippen LogP contribution in [-0.2, 0) is 25.5 Å². The molecule has 3 aromatic rings. The van der Waals surface area contributed by atoms with E-state index in [0.717, 1.165) is 17.7 Å². The number of carboxylic acid groups (broad SMARTS) is 1. The third kappa shape index (κ3) is 5.85. The number of ether oxygens (including phenoxy) is 2. The molecule has 37 heavy (non-hydrogen) atoms. The summed E-state index contributed by atoms with van der Waals surface area (Å²) in [6.45, 7) is 2.75. The van der Waals surface area contributed by atoms with E-state index >= 15 is 8.78 Å². The number of fused-ring (bicyclic) bond motifs is 1. The van der Waals surface area contributed by atoms with Crippen LogP contribution in [0, 0.1) is 18.6 Å². The molecular formula is C25H26F2N4O6. The molecule has 0 saturated carbocycles. The second-order valence-electron chi connectivity index (χ2n) is 8.71. The maximum Gasteiger partial charge on any atom is 0.409 e. The Bertz CT molecular complexity index is 1340. The number of carbonyl (C=O) groups excluding carboxylic acids is 2. The van der Waals surface area contributed by atoms with Gasteiger partial charge in [0.15, 0.2) is 0 Å². The Morgan fingerprint density at radius 2 is 1.95 bits per heavy atom. The van der Waals surface area contributed by atoms with Crippen molar-refractivity contribution in [2.45, 2.75) is 32.3 Å².